The molecular weight excluding hydrogens is 340 g/mol. The lowest BCUT2D eigenvalue weighted by Gasteiger charge is -2.19. The molecule has 1 aromatic rings. The van der Waals surface area contributed by atoms with E-state index in [9.17, 15) is 0 Å². The molecule has 0 aliphatic heterocycles. The average Bonchev–Trinajstić information content (AvgIpc) is 2.45. The minimum absolute atomic E-state index is 0.262. The third kappa shape index (κ3) is 8.93. The number of halogens is 1. The average molecular weight is 371 g/mol. The predicted molar refractivity (Wildman–Crippen MR) is 102 cm³/mol. The maximum Gasteiger partial charge on any atom is 0.00721 e. The molecule has 0 nitrogen and oxygen atoms in total. The Bertz CT molecular complexity index is 364. The van der Waals surface area contributed by atoms with Crippen LogP contribution in [0.3, 0.4) is 0 Å². The van der Waals surface area contributed by atoms with E-state index in [4.69, 9.17) is 0 Å². The lowest BCUT2D eigenvalue weighted by molar-refractivity contribution is 0.589. The smallest absolute Gasteiger partial charge is 0.00721 e. The number of unbranched alkanes of at least 4 members (excludes halogenated alkanes) is 6. The summed E-state index contributed by atoms with van der Waals surface area (Å²) >= 11 is 5.49. The van der Waals surface area contributed by atoms with Gasteiger partial charge in [0.25, 0.3) is 0 Å². The normalized spacial score (nSPS) is 11.8. The number of thioether (sulfide) groups is 1. The molecule has 0 saturated carbocycles. The minimum Gasteiger partial charge on any atom is -0.126 e. The monoisotopic (exact) mass is 370 g/mol. The Kier molecular flexibility index (Phi) is 9.75. The van der Waals surface area contributed by atoms with Gasteiger partial charge >= 0.3 is 0 Å². The fraction of sp³-hybridized carbons (Fsp3) is 0.684. The van der Waals surface area contributed by atoms with Gasteiger partial charge in [-0.2, -0.15) is 0 Å². The van der Waals surface area contributed by atoms with Gasteiger partial charge in [0.2, 0.25) is 0 Å². The second-order valence-corrected chi connectivity index (χ2v) is 8.75. The summed E-state index contributed by atoms with van der Waals surface area (Å²) < 4.78 is 0. The van der Waals surface area contributed by atoms with Gasteiger partial charge in [0.1, 0.15) is 0 Å². The SMILES string of the molecule is CC(C)(C)c1ccc(SCCCCCCCCCBr)cc1. The fourth-order valence-corrected chi connectivity index (χ4v) is 3.63. The van der Waals surface area contributed by atoms with Crippen LogP contribution in [0.15, 0.2) is 29.2 Å². The van der Waals surface area contributed by atoms with E-state index in [-0.39, 0.29) is 5.41 Å². The second-order valence-electron chi connectivity index (χ2n) is 6.79. The van der Waals surface area contributed by atoms with Gasteiger partial charge in [0, 0.05) is 10.2 Å². The van der Waals surface area contributed by atoms with Crippen LogP contribution in [0.1, 0.15) is 71.3 Å². The van der Waals surface area contributed by atoms with Gasteiger partial charge in [0.15, 0.2) is 0 Å². The van der Waals surface area contributed by atoms with Gasteiger partial charge in [0.05, 0.1) is 0 Å². The highest BCUT2D eigenvalue weighted by molar-refractivity contribution is 9.09. The van der Waals surface area contributed by atoms with E-state index in [2.05, 4.69) is 61.0 Å². The van der Waals surface area contributed by atoms with Crippen molar-refractivity contribution in [1.29, 1.82) is 0 Å². The molecule has 2 heteroatoms. The summed E-state index contributed by atoms with van der Waals surface area (Å²) in [5, 5.41) is 1.16. The molecule has 0 aromatic heterocycles. The lowest BCUT2D eigenvalue weighted by Crippen LogP contribution is -2.10. The zero-order chi connectivity index (χ0) is 15.6. The number of benzene rings is 1. The van der Waals surface area contributed by atoms with Crippen LogP contribution in [0.25, 0.3) is 0 Å². The Labute approximate surface area is 144 Å². The van der Waals surface area contributed by atoms with Crippen LogP contribution in [0.5, 0.6) is 0 Å². The lowest BCUT2D eigenvalue weighted by atomic mass is 9.87. The first-order chi connectivity index (χ1) is 10.0. The van der Waals surface area contributed by atoms with Crippen LogP contribution in [0.2, 0.25) is 0 Å². The van der Waals surface area contributed by atoms with Crippen molar-refractivity contribution in [2.24, 2.45) is 0 Å². The van der Waals surface area contributed by atoms with Gasteiger partial charge in [-0.3, -0.25) is 0 Å². The van der Waals surface area contributed by atoms with Crippen LogP contribution < -0.4 is 0 Å². The summed E-state index contributed by atoms with van der Waals surface area (Å²) in [4.78, 5) is 1.42. The molecule has 0 aliphatic carbocycles. The van der Waals surface area contributed by atoms with Crippen LogP contribution in [0, 0.1) is 0 Å². The van der Waals surface area contributed by atoms with Crippen molar-refractivity contribution in [3.8, 4) is 0 Å². The van der Waals surface area contributed by atoms with E-state index >= 15 is 0 Å². The molecule has 0 bridgehead atoms. The first-order valence-electron chi connectivity index (χ1n) is 8.33. The third-order valence-electron chi connectivity index (χ3n) is 3.77. The molecule has 0 saturated heterocycles. The summed E-state index contributed by atoms with van der Waals surface area (Å²) in [6.45, 7) is 6.81. The number of hydrogen-bond acceptors (Lipinski definition) is 1. The first kappa shape index (κ1) is 19.1. The Hall–Kier alpha value is 0.0500. The Morgan fingerprint density at radius 2 is 1.33 bits per heavy atom. The molecule has 0 atom stereocenters. The molecule has 0 heterocycles. The highest BCUT2D eigenvalue weighted by atomic mass is 79.9. The predicted octanol–water partition coefficient (Wildman–Crippen LogP) is 7.20. The van der Waals surface area contributed by atoms with Gasteiger partial charge in [-0.05, 0) is 41.7 Å². The minimum atomic E-state index is 0.262. The van der Waals surface area contributed by atoms with Crippen molar-refractivity contribution in [2.45, 2.75) is 76.0 Å². The van der Waals surface area contributed by atoms with E-state index < -0.39 is 0 Å². The standard InChI is InChI=1S/C19H31BrS/c1-19(2,3)17-11-13-18(14-12-17)21-16-10-8-6-4-5-7-9-15-20/h11-14H,4-10,15-16H2,1-3H3. The first-order valence-corrected chi connectivity index (χ1v) is 10.4. The summed E-state index contributed by atoms with van der Waals surface area (Å²) in [6.07, 6.45) is 9.70. The molecule has 0 amide bonds. The van der Waals surface area contributed by atoms with Crippen molar-refractivity contribution in [3.63, 3.8) is 0 Å². The quantitative estimate of drug-likeness (QED) is 0.238. The number of alkyl halides is 1. The molecular formula is C19H31BrS. The van der Waals surface area contributed by atoms with Crippen molar-refractivity contribution < 1.29 is 0 Å². The molecule has 1 aromatic carbocycles. The molecule has 0 fully saturated rings. The van der Waals surface area contributed by atoms with E-state index in [1.807, 2.05) is 11.8 Å². The maximum atomic E-state index is 3.49. The highest BCUT2D eigenvalue weighted by Gasteiger charge is 2.12. The van der Waals surface area contributed by atoms with E-state index in [1.54, 1.807) is 0 Å². The van der Waals surface area contributed by atoms with Crippen molar-refractivity contribution >= 4 is 27.7 Å². The van der Waals surface area contributed by atoms with Gasteiger partial charge < -0.3 is 0 Å². The summed E-state index contributed by atoms with van der Waals surface area (Å²) in [5.74, 6) is 1.26. The summed E-state index contributed by atoms with van der Waals surface area (Å²) in [7, 11) is 0. The molecule has 0 unspecified atom stereocenters. The van der Waals surface area contributed by atoms with Gasteiger partial charge in [-0.25, -0.2) is 0 Å². The van der Waals surface area contributed by atoms with Crippen LogP contribution in [-0.2, 0) is 5.41 Å². The largest absolute Gasteiger partial charge is 0.126 e. The Morgan fingerprint density at radius 3 is 1.86 bits per heavy atom. The Morgan fingerprint density at radius 1 is 0.810 bits per heavy atom. The molecule has 120 valence electrons. The zero-order valence-corrected chi connectivity index (χ0v) is 16.4. The van der Waals surface area contributed by atoms with Gasteiger partial charge in [-0.1, -0.05) is 80.9 Å². The zero-order valence-electron chi connectivity index (χ0n) is 14.0. The molecule has 0 aliphatic rings. The molecule has 0 spiro atoms. The molecule has 21 heavy (non-hydrogen) atoms. The highest BCUT2D eigenvalue weighted by Crippen LogP contribution is 2.26. The fourth-order valence-electron chi connectivity index (χ4n) is 2.32. The second kappa shape index (κ2) is 10.7. The molecule has 0 N–H and O–H groups in total. The number of rotatable bonds is 10. The number of hydrogen-bond donors (Lipinski definition) is 0. The van der Waals surface area contributed by atoms with E-state index in [0.717, 1.165) is 5.33 Å². The topological polar surface area (TPSA) is 0 Å². The van der Waals surface area contributed by atoms with E-state index in [0.29, 0.717) is 0 Å². The summed E-state index contributed by atoms with van der Waals surface area (Å²) in [5.41, 5.74) is 1.69. The Balaban J connectivity index is 2.08. The van der Waals surface area contributed by atoms with E-state index in [1.165, 1.54) is 61.2 Å². The van der Waals surface area contributed by atoms with Crippen molar-refractivity contribution in [2.75, 3.05) is 11.1 Å². The molecule has 1 rings (SSSR count). The van der Waals surface area contributed by atoms with Crippen LogP contribution in [0.4, 0.5) is 0 Å². The third-order valence-corrected chi connectivity index (χ3v) is 5.43. The van der Waals surface area contributed by atoms with Crippen LogP contribution >= 0.6 is 27.7 Å². The van der Waals surface area contributed by atoms with Crippen LogP contribution in [-0.4, -0.2) is 11.1 Å². The van der Waals surface area contributed by atoms with Crippen molar-refractivity contribution in [1.82, 2.24) is 0 Å². The molecule has 0 radical (unpaired) electrons. The maximum absolute atomic E-state index is 3.49. The van der Waals surface area contributed by atoms with Gasteiger partial charge in [-0.15, -0.1) is 11.8 Å². The van der Waals surface area contributed by atoms with Crippen molar-refractivity contribution in [3.05, 3.63) is 29.8 Å². The summed E-state index contributed by atoms with van der Waals surface area (Å²) in [6, 6.07) is 9.13.